The number of phenolic OH excluding ortho intramolecular Hbond substituents is 1. The first-order valence-electron chi connectivity index (χ1n) is 10.6. The number of aryl methyl sites for hydroxylation is 1. The van der Waals surface area contributed by atoms with Crippen LogP contribution in [0, 0.1) is 12.3 Å². The van der Waals surface area contributed by atoms with Gasteiger partial charge in [-0.1, -0.05) is 17.7 Å². The van der Waals surface area contributed by atoms with E-state index >= 15 is 0 Å². The SMILES string of the molecule is CNCCn1cc(-c2cnc3ccc(/C(C=N)=C(\C)N)nc3c2)cn1.Cc1ccc(O)cc1. The number of nitrogens with zero attached hydrogens (tertiary/aromatic N) is 4. The molecule has 0 radical (unpaired) electrons. The molecular weight excluding hydrogens is 414 g/mol. The Morgan fingerprint density at radius 1 is 1.12 bits per heavy atom. The Labute approximate surface area is 193 Å². The third kappa shape index (κ3) is 6.24. The molecule has 0 aliphatic carbocycles. The summed E-state index contributed by atoms with van der Waals surface area (Å²) in [5.41, 5.74) is 12.4. The molecule has 0 saturated carbocycles. The van der Waals surface area contributed by atoms with Crippen molar-refractivity contribution in [2.45, 2.75) is 20.4 Å². The molecule has 0 aliphatic rings. The summed E-state index contributed by atoms with van der Waals surface area (Å²) in [6.07, 6.45) is 6.88. The lowest BCUT2D eigenvalue weighted by Gasteiger charge is -2.06. The van der Waals surface area contributed by atoms with Crippen molar-refractivity contribution >= 4 is 22.8 Å². The zero-order valence-corrected chi connectivity index (χ0v) is 19.1. The van der Waals surface area contributed by atoms with E-state index in [-0.39, 0.29) is 0 Å². The van der Waals surface area contributed by atoms with Crippen LogP contribution in [0.25, 0.3) is 27.7 Å². The number of pyridine rings is 2. The Morgan fingerprint density at radius 2 is 1.88 bits per heavy atom. The first kappa shape index (κ1) is 23.6. The van der Waals surface area contributed by atoms with E-state index in [1.807, 2.05) is 67.6 Å². The molecule has 5 N–H and O–H groups in total. The van der Waals surface area contributed by atoms with Crippen LogP contribution in [0.4, 0.5) is 0 Å². The fourth-order valence-corrected chi connectivity index (χ4v) is 3.11. The quantitative estimate of drug-likeness (QED) is 0.336. The smallest absolute Gasteiger partial charge is 0.115 e. The monoisotopic (exact) mass is 443 g/mol. The van der Waals surface area contributed by atoms with Crippen molar-refractivity contribution in [1.82, 2.24) is 25.1 Å². The number of nitrogens with one attached hydrogen (secondary N) is 2. The number of benzene rings is 1. The number of aromatic nitrogens is 4. The van der Waals surface area contributed by atoms with Gasteiger partial charge in [-0.2, -0.15) is 5.10 Å². The predicted molar refractivity (Wildman–Crippen MR) is 133 cm³/mol. The summed E-state index contributed by atoms with van der Waals surface area (Å²) in [6.45, 7) is 5.42. The number of likely N-dealkylation sites (N-methyl/N-ethyl adjacent to an activating group) is 1. The maximum Gasteiger partial charge on any atom is 0.115 e. The highest BCUT2D eigenvalue weighted by molar-refractivity contribution is 6.08. The number of hydrogen-bond acceptors (Lipinski definition) is 7. The second-order valence-electron chi connectivity index (χ2n) is 7.63. The molecule has 8 nitrogen and oxygen atoms in total. The van der Waals surface area contributed by atoms with E-state index in [0.29, 0.717) is 22.7 Å². The second-order valence-corrected chi connectivity index (χ2v) is 7.63. The van der Waals surface area contributed by atoms with Crippen LogP contribution in [0.5, 0.6) is 5.75 Å². The molecular formula is C25H29N7O. The van der Waals surface area contributed by atoms with Crippen LogP contribution in [0.15, 0.2) is 66.8 Å². The molecule has 1 aromatic carbocycles. The van der Waals surface area contributed by atoms with Crippen LogP contribution >= 0.6 is 0 Å². The van der Waals surface area contributed by atoms with Crippen LogP contribution in [0.2, 0.25) is 0 Å². The standard InChI is InChI=1S/C18H21N7.C7H8O/c1-12(20)15(8-19)16-3-4-17-18(24-16)7-13(9-22-17)14-10-23-25(11-14)6-5-21-2;1-6-2-4-7(8)5-3-6/h3-4,7-11,19,21H,5-6,20H2,1-2H3;2-5,8H,1H3/b15-12+,19-8?;. The molecule has 0 unspecified atom stereocenters. The van der Waals surface area contributed by atoms with Crippen molar-refractivity contribution in [2.75, 3.05) is 13.6 Å². The van der Waals surface area contributed by atoms with Crippen molar-refractivity contribution < 1.29 is 5.11 Å². The van der Waals surface area contributed by atoms with Gasteiger partial charge in [-0.25, -0.2) is 4.98 Å². The van der Waals surface area contributed by atoms with Gasteiger partial charge in [-0.15, -0.1) is 0 Å². The summed E-state index contributed by atoms with van der Waals surface area (Å²) in [6, 6.07) is 12.8. The largest absolute Gasteiger partial charge is 0.508 e. The van der Waals surface area contributed by atoms with Gasteiger partial charge in [-0.05, 0) is 51.2 Å². The third-order valence-corrected chi connectivity index (χ3v) is 4.97. The van der Waals surface area contributed by atoms with E-state index in [1.165, 1.54) is 11.8 Å². The third-order valence-electron chi connectivity index (χ3n) is 4.97. The van der Waals surface area contributed by atoms with E-state index in [9.17, 15) is 0 Å². The van der Waals surface area contributed by atoms with Gasteiger partial charge in [0.1, 0.15) is 5.75 Å². The Kier molecular flexibility index (Phi) is 7.88. The van der Waals surface area contributed by atoms with Gasteiger partial charge in [0.15, 0.2) is 0 Å². The molecule has 3 aromatic heterocycles. The first-order chi connectivity index (χ1) is 15.9. The van der Waals surface area contributed by atoms with Gasteiger partial charge < -0.3 is 21.6 Å². The fourth-order valence-electron chi connectivity index (χ4n) is 3.11. The summed E-state index contributed by atoms with van der Waals surface area (Å²) in [5.74, 6) is 0.329. The lowest BCUT2D eigenvalue weighted by atomic mass is 10.1. The summed E-state index contributed by atoms with van der Waals surface area (Å²) < 4.78 is 1.90. The minimum absolute atomic E-state index is 0.329. The normalized spacial score (nSPS) is 11.5. The van der Waals surface area contributed by atoms with Gasteiger partial charge >= 0.3 is 0 Å². The van der Waals surface area contributed by atoms with Crippen molar-refractivity contribution in [1.29, 1.82) is 5.41 Å². The molecule has 4 rings (SSSR count). The highest BCUT2D eigenvalue weighted by Gasteiger charge is 2.08. The summed E-state index contributed by atoms with van der Waals surface area (Å²) in [7, 11) is 1.92. The van der Waals surface area contributed by atoms with E-state index in [4.69, 9.17) is 16.2 Å². The number of hydrogen-bond donors (Lipinski definition) is 4. The van der Waals surface area contributed by atoms with Gasteiger partial charge in [0.2, 0.25) is 0 Å². The molecule has 0 spiro atoms. The summed E-state index contributed by atoms with van der Waals surface area (Å²) in [4.78, 5) is 9.11. The van der Waals surface area contributed by atoms with Gasteiger partial charge in [0.25, 0.3) is 0 Å². The number of nitrogens with two attached hydrogens (primary N) is 1. The number of fused-ring (bicyclic) bond motifs is 1. The number of aromatic hydroxyl groups is 1. The maximum absolute atomic E-state index is 8.76. The maximum atomic E-state index is 8.76. The molecule has 33 heavy (non-hydrogen) atoms. The fraction of sp³-hybridized carbons (Fsp3) is 0.200. The van der Waals surface area contributed by atoms with Crippen LogP contribution in [0.1, 0.15) is 18.2 Å². The topological polar surface area (TPSA) is 126 Å². The molecule has 0 amide bonds. The molecule has 170 valence electrons. The number of phenols is 1. The molecule has 3 heterocycles. The zero-order chi connectivity index (χ0) is 23.8. The highest BCUT2D eigenvalue weighted by atomic mass is 16.3. The minimum atomic E-state index is 0.329. The van der Waals surface area contributed by atoms with Gasteiger partial charge in [-0.3, -0.25) is 9.67 Å². The molecule has 0 fully saturated rings. The molecule has 0 aliphatic heterocycles. The van der Waals surface area contributed by atoms with Crippen molar-refractivity contribution in [3.8, 4) is 16.9 Å². The number of allylic oxidation sites excluding steroid dienone is 2. The van der Waals surface area contributed by atoms with Crippen molar-refractivity contribution in [2.24, 2.45) is 5.73 Å². The van der Waals surface area contributed by atoms with E-state index in [0.717, 1.165) is 35.2 Å². The van der Waals surface area contributed by atoms with Crippen LogP contribution in [0.3, 0.4) is 0 Å². The first-order valence-corrected chi connectivity index (χ1v) is 10.6. The predicted octanol–water partition coefficient (Wildman–Crippen LogP) is 3.75. The summed E-state index contributed by atoms with van der Waals surface area (Å²) in [5, 5.41) is 23.8. The number of rotatable bonds is 6. The molecule has 0 atom stereocenters. The Morgan fingerprint density at radius 3 is 2.52 bits per heavy atom. The second kappa shape index (κ2) is 11.0. The molecule has 0 bridgehead atoms. The van der Waals surface area contributed by atoms with Crippen LogP contribution in [-0.4, -0.2) is 44.7 Å². The highest BCUT2D eigenvalue weighted by Crippen LogP contribution is 2.23. The van der Waals surface area contributed by atoms with E-state index < -0.39 is 0 Å². The van der Waals surface area contributed by atoms with Crippen LogP contribution in [-0.2, 0) is 6.54 Å². The zero-order valence-electron chi connectivity index (χ0n) is 19.1. The van der Waals surface area contributed by atoms with E-state index in [2.05, 4.69) is 20.4 Å². The Balaban J connectivity index is 0.000000323. The average Bonchev–Trinajstić information content (AvgIpc) is 3.29. The molecule has 8 heteroatoms. The van der Waals surface area contributed by atoms with Gasteiger partial charge in [0.05, 0.1) is 29.5 Å². The Hall–Kier alpha value is -4.04. The Bertz CT molecular complexity index is 1230. The lowest BCUT2D eigenvalue weighted by Crippen LogP contribution is -2.14. The lowest BCUT2D eigenvalue weighted by molar-refractivity contribution is 0.475. The van der Waals surface area contributed by atoms with E-state index in [1.54, 1.807) is 19.1 Å². The van der Waals surface area contributed by atoms with Crippen LogP contribution < -0.4 is 11.1 Å². The summed E-state index contributed by atoms with van der Waals surface area (Å²) >= 11 is 0. The van der Waals surface area contributed by atoms with Crippen molar-refractivity contribution in [3.05, 3.63) is 78.0 Å². The average molecular weight is 444 g/mol. The minimum Gasteiger partial charge on any atom is -0.508 e. The van der Waals surface area contributed by atoms with Crippen molar-refractivity contribution in [3.63, 3.8) is 0 Å². The molecule has 0 saturated heterocycles. The van der Waals surface area contributed by atoms with Gasteiger partial charge in [0, 0.05) is 47.6 Å². The molecule has 4 aromatic rings.